The molecule has 160 valence electrons. The Balaban J connectivity index is 1.77. The Bertz CT molecular complexity index is 1380. The van der Waals surface area contributed by atoms with Crippen LogP contribution < -0.4 is 10.5 Å². The largest absolute Gasteiger partial charge is 0.459 e. The molecular formula is C23H17F2N5O2. The van der Waals surface area contributed by atoms with Gasteiger partial charge in [0.1, 0.15) is 41.3 Å². The zero-order valence-corrected chi connectivity index (χ0v) is 16.9. The zero-order chi connectivity index (χ0) is 22.4. The van der Waals surface area contributed by atoms with Crippen molar-refractivity contribution in [2.75, 3.05) is 5.73 Å². The average molecular weight is 433 g/mol. The summed E-state index contributed by atoms with van der Waals surface area (Å²) in [4.78, 5) is 24.8. The van der Waals surface area contributed by atoms with E-state index in [-0.39, 0.29) is 11.4 Å². The number of hydrogen-bond acceptors (Lipinski definition) is 6. The number of aromatic nitrogens is 4. The van der Waals surface area contributed by atoms with Crippen molar-refractivity contribution in [3.8, 4) is 5.75 Å². The van der Waals surface area contributed by atoms with Crippen LogP contribution in [-0.4, -0.2) is 25.8 Å². The fourth-order valence-electron chi connectivity index (χ4n) is 4.08. The first-order chi connectivity index (χ1) is 15.5. The molecule has 3 heterocycles. The molecule has 1 aliphatic rings. The Morgan fingerprint density at radius 3 is 2.62 bits per heavy atom. The second-order valence-electron chi connectivity index (χ2n) is 7.45. The summed E-state index contributed by atoms with van der Waals surface area (Å²) >= 11 is 0. The second-order valence-corrected chi connectivity index (χ2v) is 7.45. The molecule has 1 aliphatic heterocycles. The lowest BCUT2D eigenvalue weighted by atomic mass is 9.83. The second kappa shape index (κ2) is 7.52. The first kappa shape index (κ1) is 19.8. The summed E-state index contributed by atoms with van der Waals surface area (Å²) in [6, 6.07) is 9.68. The number of carbonyl (C=O) groups is 1. The van der Waals surface area contributed by atoms with Gasteiger partial charge in [0.2, 0.25) is 0 Å². The van der Waals surface area contributed by atoms with E-state index in [1.165, 1.54) is 24.8 Å². The molecule has 0 radical (unpaired) electrons. The Labute approximate surface area is 181 Å². The van der Waals surface area contributed by atoms with Gasteiger partial charge in [-0.3, -0.25) is 0 Å². The Kier molecular flexibility index (Phi) is 4.66. The van der Waals surface area contributed by atoms with Gasteiger partial charge in [-0.2, -0.15) is 0 Å². The van der Waals surface area contributed by atoms with Gasteiger partial charge in [0.05, 0.1) is 18.3 Å². The maximum absolute atomic E-state index is 14.1. The van der Waals surface area contributed by atoms with Gasteiger partial charge in [0.25, 0.3) is 0 Å². The number of fused-ring (bicyclic) bond motifs is 2. The summed E-state index contributed by atoms with van der Waals surface area (Å²) in [5.41, 5.74) is 7.99. The van der Waals surface area contributed by atoms with E-state index in [1.807, 2.05) is 6.92 Å². The number of aldehydes is 1. The highest BCUT2D eigenvalue weighted by Crippen LogP contribution is 2.46. The van der Waals surface area contributed by atoms with Crippen molar-refractivity contribution in [3.63, 3.8) is 0 Å². The predicted molar refractivity (Wildman–Crippen MR) is 114 cm³/mol. The molecule has 0 aliphatic carbocycles. The van der Waals surface area contributed by atoms with Crippen molar-refractivity contribution in [1.82, 2.24) is 19.5 Å². The number of rotatable bonds is 4. The fourth-order valence-corrected chi connectivity index (χ4v) is 4.08. The van der Waals surface area contributed by atoms with Crippen molar-refractivity contribution < 1.29 is 18.3 Å². The van der Waals surface area contributed by atoms with E-state index in [4.69, 9.17) is 10.5 Å². The van der Waals surface area contributed by atoms with Gasteiger partial charge >= 0.3 is 0 Å². The molecule has 4 aromatic rings. The Hall–Kier alpha value is -4.14. The number of hydrogen-bond donors (Lipinski definition) is 1. The van der Waals surface area contributed by atoms with Gasteiger partial charge < -0.3 is 19.8 Å². The summed E-state index contributed by atoms with van der Waals surface area (Å²) in [5.74, 6) is -1.22. The van der Waals surface area contributed by atoms with Crippen LogP contribution in [-0.2, 0) is 4.79 Å². The molecule has 5 rings (SSSR count). The standard InChI is InChI=1S/C23H17F2N5O2/c1-12(30-11-29-20-22(26)27-10-28-23(20)30)21-19(13-6-14(24)8-15(25)7-13)17(9-31)16-4-2-3-5-18(16)32-21/h2-12,17H,1H3,(H2,26,27,28). The van der Waals surface area contributed by atoms with Gasteiger partial charge in [-0.25, -0.2) is 23.7 Å². The number of nitrogen functional groups attached to an aromatic ring is 1. The van der Waals surface area contributed by atoms with Crippen LogP contribution in [0.25, 0.3) is 16.7 Å². The molecule has 9 heteroatoms. The minimum atomic E-state index is -0.784. The maximum atomic E-state index is 14.1. The first-order valence-electron chi connectivity index (χ1n) is 9.83. The minimum absolute atomic E-state index is 0.217. The smallest absolute Gasteiger partial charge is 0.166 e. The van der Waals surface area contributed by atoms with E-state index in [0.717, 1.165) is 12.4 Å². The van der Waals surface area contributed by atoms with Crippen LogP contribution in [0.5, 0.6) is 5.75 Å². The van der Waals surface area contributed by atoms with Crippen LogP contribution in [0.1, 0.15) is 30.0 Å². The predicted octanol–water partition coefficient (Wildman–Crippen LogP) is 4.03. The third-order valence-corrected chi connectivity index (χ3v) is 5.54. The fraction of sp³-hybridized carbons (Fsp3) is 0.130. The number of allylic oxidation sites excluding steroid dienone is 2. The molecule has 32 heavy (non-hydrogen) atoms. The van der Waals surface area contributed by atoms with E-state index in [1.54, 1.807) is 28.8 Å². The van der Waals surface area contributed by atoms with Crippen molar-refractivity contribution in [1.29, 1.82) is 0 Å². The number of imidazole rings is 1. The molecular weight excluding hydrogens is 416 g/mol. The molecule has 2 N–H and O–H groups in total. The Morgan fingerprint density at radius 1 is 1.12 bits per heavy atom. The van der Waals surface area contributed by atoms with Gasteiger partial charge in [0, 0.05) is 17.2 Å². The number of ether oxygens (including phenoxy) is 1. The van der Waals surface area contributed by atoms with Crippen molar-refractivity contribution in [3.05, 3.63) is 83.6 Å². The lowest BCUT2D eigenvalue weighted by molar-refractivity contribution is -0.108. The van der Waals surface area contributed by atoms with E-state index >= 15 is 0 Å². The number of nitrogens with zero attached hydrogens (tertiary/aromatic N) is 4. The van der Waals surface area contributed by atoms with E-state index in [9.17, 15) is 13.6 Å². The number of halogens is 2. The topological polar surface area (TPSA) is 95.9 Å². The highest BCUT2D eigenvalue weighted by atomic mass is 19.1. The third kappa shape index (κ3) is 3.09. The Morgan fingerprint density at radius 2 is 1.88 bits per heavy atom. The molecule has 0 amide bonds. The van der Waals surface area contributed by atoms with Gasteiger partial charge in [0.15, 0.2) is 11.5 Å². The van der Waals surface area contributed by atoms with Gasteiger partial charge in [-0.05, 0) is 30.7 Å². The number of anilines is 1. The van der Waals surface area contributed by atoms with E-state index < -0.39 is 23.6 Å². The highest BCUT2D eigenvalue weighted by Gasteiger charge is 2.34. The van der Waals surface area contributed by atoms with Crippen LogP contribution in [0.15, 0.2) is 60.9 Å². The maximum Gasteiger partial charge on any atom is 0.166 e. The van der Waals surface area contributed by atoms with Crippen LogP contribution in [0.4, 0.5) is 14.6 Å². The normalized spacial score (nSPS) is 16.5. The van der Waals surface area contributed by atoms with Crippen LogP contribution in [0.3, 0.4) is 0 Å². The summed E-state index contributed by atoms with van der Waals surface area (Å²) in [7, 11) is 0. The number of para-hydroxylation sites is 1. The number of nitrogens with two attached hydrogens (primary N) is 1. The molecule has 0 fully saturated rings. The molecule has 2 unspecified atom stereocenters. The quantitative estimate of drug-likeness (QED) is 0.488. The number of benzene rings is 2. The summed E-state index contributed by atoms with van der Waals surface area (Å²) < 4.78 is 36.2. The molecule has 7 nitrogen and oxygen atoms in total. The zero-order valence-electron chi connectivity index (χ0n) is 16.9. The van der Waals surface area contributed by atoms with Crippen molar-refractivity contribution in [2.45, 2.75) is 18.9 Å². The molecule has 2 aromatic carbocycles. The highest BCUT2D eigenvalue weighted by molar-refractivity contribution is 5.90. The monoisotopic (exact) mass is 433 g/mol. The molecule has 0 saturated carbocycles. The summed E-state index contributed by atoms with van der Waals surface area (Å²) in [5, 5.41) is 0. The lowest BCUT2D eigenvalue weighted by Gasteiger charge is -2.31. The SMILES string of the molecule is CC(C1=C(c2cc(F)cc(F)c2)C(C=O)c2ccccc2O1)n1cnc2c(N)ncnc21. The van der Waals surface area contributed by atoms with Crippen molar-refractivity contribution >= 4 is 28.8 Å². The molecule has 2 atom stereocenters. The van der Waals surface area contributed by atoms with E-state index in [0.29, 0.717) is 33.8 Å². The molecule has 0 saturated heterocycles. The van der Waals surface area contributed by atoms with Crippen LogP contribution in [0, 0.1) is 11.6 Å². The van der Waals surface area contributed by atoms with E-state index in [2.05, 4.69) is 15.0 Å². The van der Waals surface area contributed by atoms with Gasteiger partial charge in [-0.1, -0.05) is 18.2 Å². The summed E-state index contributed by atoms with van der Waals surface area (Å²) in [6.45, 7) is 1.82. The lowest BCUT2D eigenvalue weighted by Crippen LogP contribution is -2.22. The first-order valence-corrected chi connectivity index (χ1v) is 9.83. The number of carbonyl (C=O) groups excluding carboxylic acids is 1. The van der Waals surface area contributed by atoms with Crippen LogP contribution >= 0.6 is 0 Å². The molecule has 2 aromatic heterocycles. The molecule has 0 bridgehead atoms. The van der Waals surface area contributed by atoms with Crippen molar-refractivity contribution in [2.24, 2.45) is 0 Å². The summed E-state index contributed by atoms with van der Waals surface area (Å²) in [6.07, 6.45) is 3.61. The minimum Gasteiger partial charge on any atom is -0.459 e. The third-order valence-electron chi connectivity index (χ3n) is 5.54. The van der Waals surface area contributed by atoms with Gasteiger partial charge in [-0.15, -0.1) is 0 Å². The molecule has 0 spiro atoms. The average Bonchev–Trinajstić information content (AvgIpc) is 3.22. The van der Waals surface area contributed by atoms with Crippen LogP contribution in [0.2, 0.25) is 0 Å².